The summed E-state index contributed by atoms with van der Waals surface area (Å²) in [6, 6.07) is 5.36. The molecule has 1 N–H and O–H groups in total. The third kappa shape index (κ3) is 4.18. The van der Waals surface area contributed by atoms with Crippen molar-refractivity contribution in [2.24, 2.45) is 5.92 Å². The maximum Gasteiger partial charge on any atom is 0.141 e. The van der Waals surface area contributed by atoms with E-state index >= 15 is 0 Å². The first-order valence-corrected chi connectivity index (χ1v) is 7.76. The lowest BCUT2D eigenvalue weighted by molar-refractivity contribution is 0.117. The fraction of sp³-hybridized carbons (Fsp3) is 0.625. The highest BCUT2D eigenvalue weighted by Crippen LogP contribution is 2.25. The van der Waals surface area contributed by atoms with Gasteiger partial charge in [0.1, 0.15) is 5.82 Å². The number of nitrogens with one attached hydrogen (secondary N) is 1. The van der Waals surface area contributed by atoms with Crippen LogP contribution in [-0.4, -0.2) is 25.3 Å². The van der Waals surface area contributed by atoms with Crippen LogP contribution in [0, 0.1) is 11.7 Å². The first-order valence-electron chi connectivity index (χ1n) is 7.39. The molecular formula is C16H23ClFNO. The van der Waals surface area contributed by atoms with E-state index in [2.05, 4.69) is 19.2 Å². The van der Waals surface area contributed by atoms with Crippen LogP contribution in [0.15, 0.2) is 18.2 Å². The minimum absolute atomic E-state index is 0.202. The Balaban J connectivity index is 2.04. The Bertz CT molecular complexity index is 440. The van der Waals surface area contributed by atoms with Crippen LogP contribution in [0.5, 0.6) is 0 Å². The lowest BCUT2D eigenvalue weighted by Gasteiger charge is -2.24. The molecule has 1 fully saturated rings. The number of halogens is 2. The molecule has 1 heterocycles. The first kappa shape index (κ1) is 15.7. The fourth-order valence-corrected chi connectivity index (χ4v) is 2.99. The summed E-state index contributed by atoms with van der Waals surface area (Å²) >= 11 is 5.86. The van der Waals surface area contributed by atoms with Crippen molar-refractivity contribution in [3.05, 3.63) is 34.6 Å². The monoisotopic (exact) mass is 299 g/mol. The molecule has 0 bridgehead atoms. The van der Waals surface area contributed by atoms with Crippen LogP contribution in [0.3, 0.4) is 0 Å². The van der Waals surface area contributed by atoms with Gasteiger partial charge < -0.3 is 10.1 Å². The van der Waals surface area contributed by atoms with Crippen molar-refractivity contribution in [1.82, 2.24) is 5.32 Å². The van der Waals surface area contributed by atoms with Gasteiger partial charge in [0.25, 0.3) is 0 Å². The van der Waals surface area contributed by atoms with Gasteiger partial charge in [-0.15, -0.1) is 0 Å². The topological polar surface area (TPSA) is 21.3 Å². The van der Waals surface area contributed by atoms with Crippen molar-refractivity contribution in [2.45, 2.75) is 45.3 Å². The second kappa shape index (κ2) is 7.39. The molecule has 3 atom stereocenters. The normalized spacial score (nSPS) is 24.0. The highest BCUT2D eigenvalue weighted by Gasteiger charge is 2.29. The lowest BCUT2D eigenvalue weighted by Crippen LogP contribution is -2.39. The molecule has 1 aromatic carbocycles. The molecule has 2 rings (SSSR count). The van der Waals surface area contributed by atoms with Crippen molar-refractivity contribution < 1.29 is 9.13 Å². The van der Waals surface area contributed by atoms with E-state index in [0.29, 0.717) is 18.1 Å². The van der Waals surface area contributed by atoms with Crippen LogP contribution < -0.4 is 5.32 Å². The van der Waals surface area contributed by atoms with Gasteiger partial charge in [-0.1, -0.05) is 24.6 Å². The van der Waals surface area contributed by atoms with Crippen molar-refractivity contribution in [3.63, 3.8) is 0 Å². The summed E-state index contributed by atoms with van der Waals surface area (Å²) in [4.78, 5) is 0. The van der Waals surface area contributed by atoms with Gasteiger partial charge in [0.05, 0.1) is 17.7 Å². The van der Waals surface area contributed by atoms with Gasteiger partial charge in [-0.3, -0.25) is 0 Å². The predicted octanol–water partition coefficient (Wildman–Crippen LogP) is 3.81. The standard InChI is InChI=1S/C16H23ClFNO/c1-3-6-19-16(13-7-11(2)20-10-13)9-12-4-5-15(18)14(17)8-12/h4-5,8,11,13,16,19H,3,6-7,9-10H2,1-2H3. The van der Waals surface area contributed by atoms with Gasteiger partial charge in [0.2, 0.25) is 0 Å². The molecule has 3 unspecified atom stereocenters. The predicted molar refractivity (Wildman–Crippen MR) is 80.7 cm³/mol. The molecule has 0 saturated carbocycles. The van der Waals surface area contributed by atoms with Crippen LogP contribution in [0.1, 0.15) is 32.3 Å². The van der Waals surface area contributed by atoms with Crippen LogP contribution in [-0.2, 0) is 11.2 Å². The minimum Gasteiger partial charge on any atom is -0.378 e. The molecule has 4 heteroatoms. The van der Waals surface area contributed by atoms with Crippen LogP contribution in [0.4, 0.5) is 4.39 Å². The third-order valence-electron chi connectivity index (χ3n) is 3.89. The van der Waals surface area contributed by atoms with Crippen LogP contribution in [0.2, 0.25) is 5.02 Å². The molecule has 1 saturated heterocycles. The average Bonchev–Trinajstić information content (AvgIpc) is 2.85. The maximum absolute atomic E-state index is 13.2. The number of rotatable bonds is 6. The van der Waals surface area contributed by atoms with Crippen molar-refractivity contribution >= 4 is 11.6 Å². The molecule has 0 amide bonds. The molecule has 1 aromatic rings. The van der Waals surface area contributed by atoms with Crippen LogP contribution >= 0.6 is 11.6 Å². The molecular weight excluding hydrogens is 277 g/mol. The summed E-state index contributed by atoms with van der Waals surface area (Å²) in [5.41, 5.74) is 1.07. The maximum atomic E-state index is 13.2. The molecule has 1 aliphatic heterocycles. The van der Waals surface area contributed by atoms with Gasteiger partial charge in [0, 0.05) is 12.0 Å². The number of ether oxygens (including phenoxy) is 1. The molecule has 112 valence electrons. The quantitative estimate of drug-likeness (QED) is 0.862. The minimum atomic E-state index is -0.355. The van der Waals surface area contributed by atoms with E-state index in [0.717, 1.165) is 38.0 Å². The SMILES string of the molecule is CCCNC(Cc1ccc(F)c(Cl)c1)C1COC(C)C1. The summed E-state index contributed by atoms with van der Waals surface area (Å²) < 4.78 is 18.9. The smallest absolute Gasteiger partial charge is 0.141 e. The van der Waals surface area contributed by atoms with E-state index in [1.165, 1.54) is 6.07 Å². The molecule has 20 heavy (non-hydrogen) atoms. The fourth-order valence-electron chi connectivity index (χ4n) is 2.79. The highest BCUT2D eigenvalue weighted by atomic mass is 35.5. The van der Waals surface area contributed by atoms with Gasteiger partial charge in [-0.25, -0.2) is 4.39 Å². The number of hydrogen-bond donors (Lipinski definition) is 1. The van der Waals surface area contributed by atoms with Crippen molar-refractivity contribution in [3.8, 4) is 0 Å². The first-order chi connectivity index (χ1) is 9.60. The van der Waals surface area contributed by atoms with E-state index in [9.17, 15) is 4.39 Å². The van der Waals surface area contributed by atoms with Gasteiger partial charge in [-0.2, -0.15) is 0 Å². The second-order valence-electron chi connectivity index (χ2n) is 5.65. The molecule has 0 aliphatic carbocycles. The molecule has 0 aromatic heterocycles. The van der Waals surface area contributed by atoms with Gasteiger partial charge in [0.15, 0.2) is 0 Å². The summed E-state index contributed by atoms with van der Waals surface area (Å²) in [6.45, 7) is 6.07. The Hall–Kier alpha value is -0.640. The van der Waals surface area contributed by atoms with E-state index in [1.54, 1.807) is 6.07 Å². The van der Waals surface area contributed by atoms with Gasteiger partial charge >= 0.3 is 0 Å². The zero-order valence-electron chi connectivity index (χ0n) is 12.2. The third-order valence-corrected chi connectivity index (χ3v) is 4.18. The zero-order valence-corrected chi connectivity index (χ0v) is 12.9. The molecule has 1 aliphatic rings. The Morgan fingerprint density at radius 3 is 2.90 bits per heavy atom. The van der Waals surface area contributed by atoms with Crippen LogP contribution in [0.25, 0.3) is 0 Å². The number of hydrogen-bond acceptors (Lipinski definition) is 2. The summed E-state index contributed by atoms with van der Waals surface area (Å²) in [5.74, 6) is 0.159. The Kier molecular flexibility index (Phi) is 5.82. The van der Waals surface area contributed by atoms with E-state index < -0.39 is 0 Å². The zero-order chi connectivity index (χ0) is 14.5. The van der Waals surface area contributed by atoms with Gasteiger partial charge in [-0.05, 0) is 50.4 Å². The highest BCUT2D eigenvalue weighted by molar-refractivity contribution is 6.30. The number of benzene rings is 1. The molecule has 2 nitrogen and oxygen atoms in total. The van der Waals surface area contributed by atoms with E-state index in [-0.39, 0.29) is 10.8 Å². The van der Waals surface area contributed by atoms with Crippen molar-refractivity contribution in [1.29, 1.82) is 0 Å². The van der Waals surface area contributed by atoms with E-state index in [1.807, 2.05) is 6.07 Å². The second-order valence-corrected chi connectivity index (χ2v) is 6.06. The largest absolute Gasteiger partial charge is 0.378 e. The van der Waals surface area contributed by atoms with Crippen molar-refractivity contribution in [2.75, 3.05) is 13.2 Å². The Labute approximate surface area is 125 Å². The average molecular weight is 300 g/mol. The molecule has 0 spiro atoms. The Morgan fingerprint density at radius 1 is 1.50 bits per heavy atom. The summed E-state index contributed by atoms with van der Waals surface area (Å²) in [5, 5.41) is 3.80. The van der Waals surface area contributed by atoms with E-state index in [4.69, 9.17) is 16.3 Å². The Morgan fingerprint density at radius 2 is 2.30 bits per heavy atom. The molecule has 0 radical (unpaired) electrons. The lowest BCUT2D eigenvalue weighted by atomic mass is 9.91. The summed E-state index contributed by atoms with van der Waals surface area (Å²) in [7, 11) is 0. The summed E-state index contributed by atoms with van der Waals surface area (Å²) in [6.07, 6.45) is 3.38.